The van der Waals surface area contributed by atoms with Crippen LogP contribution in [-0.2, 0) is 17.4 Å². The van der Waals surface area contributed by atoms with Crippen LogP contribution in [0, 0.1) is 0 Å². The van der Waals surface area contributed by atoms with Gasteiger partial charge in [-0.2, -0.15) is 13.2 Å². The molecule has 0 saturated heterocycles. The first-order valence-corrected chi connectivity index (χ1v) is 8.39. The Balaban J connectivity index is 1.90. The van der Waals surface area contributed by atoms with Crippen LogP contribution in [0.3, 0.4) is 0 Å². The van der Waals surface area contributed by atoms with Gasteiger partial charge in [0.05, 0.1) is 17.1 Å². The third-order valence-corrected chi connectivity index (χ3v) is 4.55. The van der Waals surface area contributed by atoms with Crippen LogP contribution in [0.25, 0.3) is 0 Å². The largest absolute Gasteiger partial charge is 0.417 e. The minimum atomic E-state index is -4.56. The molecule has 1 aromatic heterocycles. The number of thiophene rings is 1. The molecule has 1 heterocycles. The van der Waals surface area contributed by atoms with E-state index in [2.05, 4.69) is 5.32 Å². The van der Waals surface area contributed by atoms with Crippen molar-refractivity contribution in [3.8, 4) is 0 Å². The predicted molar refractivity (Wildman–Crippen MR) is 90.6 cm³/mol. The van der Waals surface area contributed by atoms with Gasteiger partial charge in [-0.05, 0) is 43.1 Å². The smallest absolute Gasteiger partial charge is 0.325 e. The van der Waals surface area contributed by atoms with Crippen molar-refractivity contribution in [2.45, 2.75) is 12.6 Å². The fourth-order valence-electron chi connectivity index (χ4n) is 2.10. The third kappa shape index (κ3) is 5.51. The van der Waals surface area contributed by atoms with E-state index in [0.717, 1.165) is 18.6 Å². The second kappa shape index (κ2) is 8.00. The Kier molecular flexibility index (Phi) is 6.26. The van der Waals surface area contributed by atoms with Gasteiger partial charge in [0, 0.05) is 17.1 Å². The monoisotopic (exact) mass is 376 g/mol. The van der Waals surface area contributed by atoms with Crippen LogP contribution in [0.1, 0.15) is 10.4 Å². The molecule has 24 heavy (non-hydrogen) atoms. The SMILES string of the molecule is CN(CCc1cccs1)CC(=O)Nc1ccc(Cl)c(C(F)(F)F)c1. The molecule has 8 heteroatoms. The highest BCUT2D eigenvalue weighted by Gasteiger charge is 2.33. The van der Waals surface area contributed by atoms with Crippen molar-refractivity contribution in [3.05, 3.63) is 51.2 Å². The Morgan fingerprint density at radius 1 is 1.33 bits per heavy atom. The van der Waals surface area contributed by atoms with Gasteiger partial charge in [0.25, 0.3) is 0 Å². The Morgan fingerprint density at radius 3 is 2.71 bits per heavy atom. The molecule has 1 aromatic carbocycles. The van der Waals surface area contributed by atoms with Crippen molar-refractivity contribution in [2.24, 2.45) is 0 Å². The highest BCUT2D eigenvalue weighted by atomic mass is 35.5. The van der Waals surface area contributed by atoms with Crippen molar-refractivity contribution >= 4 is 34.5 Å². The number of hydrogen-bond acceptors (Lipinski definition) is 3. The van der Waals surface area contributed by atoms with E-state index in [0.29, 0.717) is 6.54 Å². The lowest BCUT2D eigenvalue weighted by molar-refractivity contribution is -0.137. The average molecular weight is 377 g/mol. The van der Waals surface area contributed by atoms with Crippen LogP contribution >= 0.6 is 22.9 Å². The number of anilines is 1. The second-order valence-corrected chi connectivity index (χ2v) is 6.75. The number of likely N-dealkylation sites (N-methyl/N-ethyl adjacent to an activating group) is 1. The highest BCUT2D eigenvalue weighted by Crippen LogP contribution is 2.36. The van der Waals surface area contributed by atoms with Crippen molar-refractivity contribution in [1.29, 1.82) is 0 Å². The number of alkyl halides is 3. The first-order valence-electron chi connectivity index (χ1n) is 7.13. The van der Waals surface area contributed by atoms with Gasteiger partial charge in [0.1, 0.15) is 0 Å². The van der Waals surface area contributed by atoms with E-state index in [1.165, 1.54) is 10.9 Å². The normalized spacial score (nSPS) is 11.8. The zero-order valence-electron chi connectivity index (χ0n) is 12.9. The Morgan fingerprint density at radius 2 is 2.08 bits per heavy atom. The summed E-state index contributed by atoms with van der Waals surface area (Å²) in [5, 5.41) is 4.06. The maximum atomic E-state index is 12.8. The van der Waals surface area contributed by atoms with Crippen LogP contribution in [-0.4, -0.2) is 30.9 Å². The number of carbonyl (C=O) groups excluding carboxylic acids is 1. The molecule has 0 aliphatic rings. The number of nitrogens with one attached hydrogen (secondary N) is 1. The number of hydrogen-bond donors (Lipinski definition) is 1. The molecule has 2 aromatic rings. The molecule has 1 amide bonds. The van der Waals surface area contributed by atoms with Crippen molar-refractivity contribution in [1.82, 2.24) is 4.90 Å². The molecule has 0 bridgehead atoms. The minimum Gasteiger partial charge on any atom is -0.325 e. The zero-order chi connectivity index (χ0) is 17.7. The maximum Gasteiger partial charge on any atom is 0.417 e. The summed E-state index contributed by atoms with van der Waals surface area (Å²) in [6, 6.07) is 7.30. The lowest BCUT2D eigenvalue weighted by Crippen LogP contribution is -2.31. The Labute approximate surface area is 147 Å². The molecule has 0 aliphatic carbocycles. The van der Waals surface area contributed by atoms with Crippen molar-refractivity contribution in [2.75, 3.05) is 25.5 Å². The summed E-state index contributed by atoms with van der Waals surface area (Å²) < 4.78 is 38.4. The minimum absolute atomic E-state index is 0.0726. The fraction of sp³-hybridized carbons (Fsp3) is 0.312. The molecule has 3 nitrogen and oxygen atoms in total. The third-order valence-electron chi connectivity index (χ3n) is 3.29. The standard InChI is InChI=1S/C16H16ClF3N2OS/c1-22(7-6-12-3-2-8-24-12)10-15(23)21-11-4-5-14(17)13(9-11)16(18,19)20/h2-5,8-9H,6-7,10H2,1H3,(H,21,23). The summed E-state index contributed by atoms with van der Waals surface area (Å²) in [5.41, 5.74) is -0.892. The van der Waals surface area contributed by atoms with Gasteiger partial charge in [0.15, 0.2) is 0 Å². The second-order valence-electron chi connectivity index (χ2n) is 5.31. The number of benzene rings is 1. The summed E-state index contributed by atoms with van der Waals surface area (Å²) in [5.74, 6) is -0.376. The number of amides is 1. The van der Waals surface area contributed by atoms with E-state index in [4.69, 9.17) is 11.6 Å². The molecule has 2 rings (SSSR count). The number of nitrogens with zero attached hydrogens (tertiary/aromatic N) is 1. The van der Waals surface area contributed by atoms with Crippen LogP contribution in [0.15, 0.2) is 35.7 Å². The number of halogens is 4. The number of carbonyl (C=O) groups is 1. The van der Waals surface area contributed by atoms with Gasteiger partial charge < -0.3 is 5.32 Å². The van der Waals surface area contributed by atoms with Crippen molar-refractivity contribution in [3.63, 3.8) is 0 Å². The molecule has 130 valence electrons. The molecule has 0 fully saturated rings. The quantitative estimate of drug-likeness (QED) is 0.803. The number of rotatable bonds is 6. The van der Waals surface area contributed by atoms with Crippen LogP contribution in [0.4, 0.5) is 18.9 Å². The van der Waals surface area contributed by atoms with Gasteiger partial charge in [-0.15, -0.1) is 11.3 Å². The van der Waals surface area contributed by atoms with Gasteiger partial charge in [0.2, 0.25) is 5.91 Å². The van der Waals surface area contributed by atoms with E-state index in [1.54, 1.807) is 18.4 Å². The average Bonchev–Trinajstić information content (AvgIpc) is 2.99. The Bertz CT molecular complexity index is 689. The molecule has 0 saturated carbocycles. The summed E-state index contributed by atoms with van der Waals surface area (Å²) in [6.07, 6.45) is -3.74. The van der Waals surface area contributed by atoms with Crippen molar-refractivity contribution < 1.29 is 18.0 Å². The first-order chi connectivity index (χ1) is 11.3. The molecule has 0 radical (unpaired) electrons. The van der Waals surface area contributed by atoms with E-state index < -0.39 is 16.8 Å². The molecule has 0 aliphatic heterocycles. The molecule has 0 atom stereocenters. The maximum absolute atomic E-state index is 12.8. The van der Waals surface area contributed by atoms with E-state index >= 15 is 0 Å². The van der Waals surface area contributed by atoms with E-state index in [-0.39, 0.29) is 18.1 Å². The zero-order valence-corrected chi connectivity index (χ0v) is 14.4. The van der Waals surface area contributed by atoms with Gasteiger partial charge >= 0.3 is 6.18 Å². The summed E-state index contributed by atoms with van der Waals surface area (Å²) in [6.45, 7) is 0.776. The predicted octanol–water partition coefficient (Wildman–Crippen LogP) is 4.53. The fourth-order valence-corrected chi connectivity index (χ4v) is 3.02. The summed E-state index contributed by atoms with van der Waals surface area (Å²) >= 11 is 7.20. The molecular weight excluding hydrogens is 361 g/mol. The van der Waals surface area contributed by atoms with E-state index in [1.807, 2.05) is 22.4 Å². The molecular formula is C16H16ClF3N2OS. The highest BCUT2D eigenvalue weighted by molar-refractivity contribution is 7.09. The molecule has 0 unspecified atom stereocenters. The summed E-state index contributed by atoms with van der Waals surface area (Å²) in [7, 11) is 1.79. The van der Waals surface area contributed by atoms with Gasteiger partial charge in [-0.25, -0.2) is 0 Å². The van der Waals surface area contributed by atoms with Gasteiger partial charge in [-0.3, -0.25) is 9.69 Å². The molecule has 0 spiro atoms. The lowest BCUT2D eigenvalue weighted by atomic mass is 10.2. The Hall–Kier alpha value is -1.57. The summed E-state index contributed by atoms with van der Waals surface area (Å²) in [4.78, 5) is 15.0. The topological polar surface area (TPSA) is 32.3 Å². The van der Waals surface area contributed by atoms with Crippen LogP contribution in [0.5, 0.6) is 0 Å². The van der Waals surface area contributed by atoms with Gasteiger partial charge in [-0.1, -0.05) is 17.7 Å². The van der Waals surface area contributed by atoms with Crippen LogP contribution in [0.2, 0.25) is 5.02 Å². The lowest BCUT2D eigenvalue weighted by Gasteiger charge is -2.16. The van der Waals surface area contributed by atoms with E-state index in [9.17, 15) is 18.0 Å². The molecule has 1 N–H and O–H groups in total. The van der Waals surface area contributed by atoms with Crippen LogP contribution < -0.4 is 5.32 Å². The first kappa shape index (κ1) is 18.8.